The average molecular weight is 420 g/mol. The van der Waals surface area contributed by atoms with E-state index in [1.54, 1.807) is 36.1 Å². The van der Waals surface area contributed by atoms with Crippen LogP contribution in [0.5, 0.6) is 0 Å². The summed E-state index contributed by atoms with van der Waals surface area (Å²) in [6.45, 7) is 4.41. The molecule has 1 aliphatic heterocycles. The third-order valence-corrected chi connectivity index (χ3v) is 6.97. The number of hydrogen-bond donors (Lipinski definition) is 1. The van der Waals surface area contributed by atoms with Crippen LogP contribution in [0.15, 0.2) is 35.5 Å². The topological polar surface area (TPSA) is 87.5 Å². The third kappa shape index (κ3) is 5.23. The molecule has 0 unspecified atom stereocenters. The van der Waals surface area contributed by atoms with E-state index in [0.717, 1.165) is 31.4 Å². The van der Waals surface area contributed by atoms with Gasteiger partial charge in [0.2, 0.25) is 10.0 Å². The quantitative estimate of drug-likeness (QED) is 0.743. The van der Waals surface area contributed by atoms with Crippen molar-refractivity contribution in [2.45, 2.75) is 37.6 Å². The molecule has 3 rings (SSSR count). The molecule has 1 saturated heterocycles. The molecule has 0 aliphatic carbocycles. The van der Waals surface area contributed by atoms with Crippen molar-refractivity contribution in [1.82, 2.24) is 19.0 Å². The number of aromatic nitrogens is 2. The Bertz CT molecular complexity index is 962. The first-order chi connectivity index (χ1) is 13.8. The number of aryl methyl sites for hydroxylation is 1. The molecule has 2 aromatic rings. The van der Waals surface area contributed by atoms with Crippen molar-refractivity contribution >= 4 is 21.6 Å². The summed E-state index contributed by atoms with van der Waals surface area (Å²) in [6, 6.07) is 4.74. The van der Waals surface area contributed by atoms with Crippen molar-refractivity contribution in [3.63, 3.8) is 0 Å². The minimum absolute atomic E-state index is 0.164. The highest BCUT2D eigenvalue weighted by molar-refractivity contribution is 7.89. The predicted octanol–water partition coefficient (Wildman–Crippen LogP) is 2.18. The number of carbonyl (C=O) groups is 1. The van der Waals surface area contributed by atoms with Gasteiger partial charge in [0.05, 0.1) is 23.3 Å². The van der Waals surface area contributed by atoms with Gasteiger partial charge < -0.3 is 10.2 Å². The number of nitrogens with one attached hydrogen (secondary N) is 1. The Morgan fingerprint density at radius 2 is 1.93 bits per heavy atom. The van der Waals surface area contributed by atoms with Crippen molar-refractivity contribution in [1.29, 1.82) is 0 Å². The van der Waals surface area contributed by atoms with Crippen LogP contribution in [0.4, 0.5) is 5.69 Å². The summed E-state index contributed by atoms with van der Waals surface area (Å²) < 4.78 is 29.2. The van der Waals surface area contributed by atoms with E-state index in [1.165, 1.54) is 10.4 Å². The van der Waals surface area contributed by atoms with Crippen molar-refractivity contribution in [3.05, 3.63) is 41.7 Å². The van der Waals surface area contributed by atoms with Crippen LogP contribution in [0.3, 0.4) is 0 Å². The van der Waals surface area contributed by atoms with Crippen molar-refractivity contribution in [2.75, 3.05) is 39.0 Å². The number of amides is 1. The molecule has 1 amide bonds. The van der Waals surface area contributed by atoms with Crippen LogP contribution in [-0.4, -0.2) is 67.0 Å². The van der Waals surface area contributed by atoms with Crippen LogP contribution < -0.4 is 5.32 Å². The van der Waals surface area contributed by atoms with Gasteiger partial charge in [-0.05, 0) is 51.6 Å². The fourth-order valence-electron chi connectivity index (χ4n) is 3.31. The lowest BCUT2D eigenvalue weighted by Crippen LogP contribution is -2.35. The zero-order valence-electron chi connectivity index (χ0n) is 17.3. The zero-order chi connectivity index (χ0) is 21.0. The number of piperidine rings is 1. The molecule has 1 aliphatic rings. The van der Waals surface area contributed by atoms with E-state index < -0.39 is 10.0 Å². The third-order valence-electron chi connectivity index (χ3n) is 5.07. The van der Waals surface area contributed by atoms with E-state index in [0.29, 0.717) is 30.9 Å². The smallest absolute Gasteiger partial charge is 0.256 e. The van der Waals surface area contributed by atoms with Crippen molar-refractivity contribution in [2.24, 2.45) is 0 Å². The van der Waals surface area contributed by atoms with E-state index in [1.807, 2.05) is 14.1 Å². The number of carbonyl (C=O) groups excluding carboxylic acids is 1. The highest BCUT2D eigenvalue weighted by Crippen LogP contribution is 2.23. The predicted molar refractivity (Wildman–Crippen MR) is 113 cm³/mol. The Labute approximate surface area is 172 Å². The molecule has 1 aromatic heterocycles. The minimum Gasteiger partial charge on any atom is -0.319 e. The van der Waals surface area contributed by atoms with E-state index in [9.17, 15) is 13.2 Å². The zero-order valence-corrected chi connectivity index (χ0v) is 18.1. The van der Waals surface area contributed by atoms with Crippen LogP contribution >= 0.6 is 0 Å². The second-order valence-corrected chi connectivity index (χ2v) is 9.63. The fraction of sp³-hybridized carbons (Fsp3) is 0.500. The fourth-order valence-corrected chi connectivity index (χ4v) is 4.86. The van der Waals surface area contributed by atoms with Crippen molar-refractivity contribution in [3.8, 4) is 0 Å². The van der Waals surface area contributed by atoms with Crippen molar-refractivity contribution < 1.29 is 13.2 Å². The standard InChI is InChI=1S/C20H29N5O3S/c1-16-7-8-18(29(27,28)25-9-5-4-6-10-25)13-19(16)20(26)22-17-14-21-24(15-17)12-11-23(2)3/h7-8,13-15H,4-6,9-12H2,1-3H3,(H,22,26). The van der Waals surface area contributed by atoms with Gasteiger partial charge in [-0.25, -0.2) is 8.42 Å². The second kappa shape index (κ2) is 9.06. The molecule has 0 atom stereocenters. The average Bonchev–Trinajstić information content (AvgIpc) is 3.14. The molecule has 0 spiro atoms. The summed E-state index contributed by atoms with van der Waals surface area (Å²) in [7, 11) is 0.385. The van der Waals surface area contributed by atoms with Gasteiger partial charge in [0, 0.05) is 31.4 Å². The number of hydrogen-bond acceptors (Lipinski definition) is 5. The van der Waals surface area contributed by atoms with E-state index in [2.05, 4.69) is 15.3 Å². The Hall–Kier alpha value is -2.23. The molecule has 0 bridgehead atoms. The molecular weight excluding hydrogens is 390 g/mol. The second-order valence-electron chi connectivity index (χ2n) is 7.69. The number of anilines is 1. The van der Waals surface area contributed by atoms with E-state index in [-0.39, 0.29) is 10.8 Å². The lowest BCUT2D eigenvalue weighted by Gasteiger charge is -2.26. The molecule has 158 valence electrons. The largest absolute Gasteiger partial charge is 0.319 e. The van der Waals surface area contributed by atoms with Gasteiger partial charge in [-0.15, -0.1) is 0 Å². The molecule has 8 nitrogen and oxygen atoms in total. The Morgan fingerprint density at radius 1 is 1.21 bits per heavy atom. The highest BCUT2D eigenvalue weighted by Gasteiger charge is 2.27. The van der Waals surface area contributed by atoms with Gasteiger partial charge in [0.15, 0.2) is 0 Å². The van der Waals surface area contributed by atoms with E-state index >= 15 is 0 Å². The normalized spacial score (nSPS) is 15.6. The lowest BCUT2D eigenvalue weighted by molar-refractivity contribution is 0.102. The molecule has 1 N–H and O–H groups in total. The first-order valence-corrected chi connectivity index (χ1v) is 11.3. The van der Waals surface area contributed by atoms with Crippen LogP contribution in [0.25, 0.3) is 0 Å². The number of likely N-dealkylation sites (N-methyl/N-ethyl adjacent to an activating group) is 1. The molecule has 2 heterocycles. The first-order valence-electron chi connectivity index (χ1n) is 9.87. The maximum Gasteiger partial charge on any atom is 0.256 e. The van der Waals surface area contributed by atoms with E-state index in [4.69, 9.17) is 0 Å². The monoisotopic (exact) mass is 419 g/mol. The summed E-state index contributed by atoms with van der Waals surface area (Å²) in [5.74, 6) is -0.342. The van der Waals surface area contributed by atoms with Crippen LogP contribution in [0, 0.1) is 6.92 Å². The lowest BCUT2D eigenvalue weighted by atomic mass is 10.1. The molecule has 29 heavy (non-hydrogen) atoms. The number of sulfonamides is 1. The highest BCUT2D eigenvalue weighted by atomic mass is 32.2. The summed E-state index contributed by atoms with van der Waals surface area (Å²) in [4.78, 5) is 15.0. The van der Waals surface area contributed by atoms with Crippen LogP contribution in [0.2, 0.25) is 0 Å². The summed E-state index contributed by atoms with van der Waals surface area (Å²) >= 11 is 0. The van der Waals surface area contributed by atoms with Crippen LogP contribution in [-0.2, 0) is 16.6 Å². The van der Waals surface area contributed by atoms with Gasteiger partial charge in [-0.1, -0.05) is 12.5 Å². The van der Waals surface area contributed by atoms with Gasteiger partial charge in [0.25, 0.3) is 5.91 Å². The molecule has 1 aromatic carbocycles. The molecule has 9 heteroatoms. The van der Waals surface area contributed by atoms with Crippen LogP contribution in [0.1, 0.15) is 35.2 Å². The SMILES string of the molecule is Cc1ccc(S(=O)(=O)N2CCCCC2)cc1C(=O)Nc1cnn(CCN(C)C)c1. The summed E-state index contributed by atoms with van der Waals surface area (Å²) in [5.41, 5.74) is 1.65. The maximum absolute atomic E-state index is 12.9. The van der Waals surface area contributed by atoms with Gasteiger partial charge in [0.1, 0.15) is 0 Å². The Morgan fingerprint density at radius 3 is 2.62 bits per heavy atom. The van der Waals surface area contributed by atoms with Gasteiger partial charge in [-0.2, -0.15) is 9.40 Å². The molecular formula is C20H29N5O3S. The number of nitrogens with zero attached hydrogens (tertiary/aromatic N) is 4. The number of rotatable bonds is 7. The number of benzene rings is 1. The summed E-state index contributed by atoms with van der Waals surface area (Å²) in [5, 5.41) is 7.07. The first kappa shape index (κ1) is 21.5. The van der Waals surface area contributed by atoms with Gasteiger partial charge in [-0.3, -0.25) is 9.48 Å². The molecule has 0 radical (unpaired) electrons. The molecule has 0 saturated carbocycles. The van der Waals surface area contributed by atoms with Gasteiger partial charge >= 0.3 is 0 Å². The summed E-state index contributed by atoms with van der Waals surface area (Å²) in [6.07, 6.45) is 6.16. The maximum atomic E-state index is 12.9. The Balaban J connectivity index is 1.76. The minimum atomic E-state index is -3.59. The Kier molecular flexibility index (Phi) is 6.71. The molecule has 1 fully saturated rings.